The quantitative estimate of drug-likeness (QED) is 0.0975. The molecule has 5 rings (SSSR count). The molecule has 0 aliphatic carbocycles. The number of nitrogens with one attached hydrogen (secondary N) is 2. The molecule has 1 saturated heterocycles. The van der Waals surface area contributed by atoms with Gasteiger partial charge in [-0.3, -0.25) is 24.5 Å². The second kappa shape index (κ2) is 19.7. The first-order valence-electron chi connectivity index (χ1n) is 21.0. The van der Waals surface area contributed by atoms with Crippen molar-refractivity contribution in [1.82, 2.24) is 35.3 Å². The smallest absolute Gasteiger partial charge is 0.407 e. The van der Waals surface area contributed by atoms with E-state index in [0.717, 1.165) is 44.2 Å². The molecule has 1 fully saturated rings. The second-order valence-electron chi connectivity index (χ2n) is 18.5. The Hall–Kier alpha value is -5.82. The standard InChI is InChI=1S/C48H63N7O6/c1-31-18-23-38(49-29-31)35-21-19-34(20-22-35)27-39(52-43(57)41(47(3,4)5)53(9)46(60)61)40(56)28-37(26-33-15-11-10-12-16-33)51-44(58)42(48(6,7)8)55-25-24-54(45(55)59)30-36-17-13-14-32(2)50-36/h10-23,29,37,39-42,56H,24-28,30H2,1-9H3,(H,51,58)(H,52,57)(H,60,61)/t37-,39-,40-,41+,42+/m0/s1. The number of carboxylic acid groups (broad SMARTS) is 1. The number of nitrogens with zero attached hydrogens (tertiary/aromatic N) is 5. The lowest BCUT2D eigenvalue weighted by molar-refractivity contribution is -0.131. The molecule has 5 atom stereocenters. The van der Waals surface area contributed by atoms with Gasteiger partial charge in [0.1, 0.15) is 12.1 Å². The number of hydrogen-bond donors (Lipinski definition) is 4. The number of aliphatic hydroxyl groups excluding tert-OH is 1. The summed E-state index contributed by atoms with van der Waals surface area (Å²) < 4.78 is 0. The van der Waals surface area contributed by atoms with Crippen molar-refractivity contribution in [2.75, 3.05) is 20.1 Å². The maximum Gasteiger partial charge on any atom is 0.407 e. The van der Waals surface area contributed by atoms with E-state index in [0.29, 0.717) is 26.1 Å². The van der Waals surface area contributed by atoms with Crippen molar-refractivity contribution < 1.29 is 29.4 Å². The largest absolute Gasteiger partial charge is 0.465 e. The van der Waals surface area contributed by atoms with Crippen LogP contribution in [0.1, 0.15) is 76.0 Å². The van der Waals surface area contributed by atoms with Gasteiger partial charge in [-0.15, -0.1) is 0 Å². The second-order valence-corrected chi connectivity index (χ2v) is 18.5. The van der Waals surface area contributed by atoms with Crippen LogP contribution in [0, 0.1) is 24.7 Å². The average molecular weight is 834 g/mol. The zero-order valence-corrected chi connectivity index (χ0v) is 37.1. The van der Waals surface area contributed by atoms with E-state index in [1.807, 2.05) is 120 Å². The summed E-state index contributed by atoms with van der Waals surface area (Å²) in [6.07, 6.45) is -0.00943. The zero-order chi connectivity index (χ0) is 44.6. The van der Waals surface area contributed by atoms with Gasteiger partial charge in [0, 0.05) is 43.6 Å². The molecule has 4 aromatic rings. The van der Waals surface area contributed by atoms with Crippen LogP contribution in [0.5, 0.6) is 0 Å². The average Bonchev–Trinajstić information content (AvgIpc) is 3.52. The molecular formula is C48H63N7O6. The fourth-order valence-corrected chi connectivity index (χ4v) is 8.21. The van der Waals surface area contributed by atoms with Gasteiger partial charge in [0.2, 0.25) is 11.8 Å². The van der Waals surface area contributed by atoms with E-state index in [-0.39, 0.29) is 24.8 Å². The highest BCUT2D eigenvalue weighted by Crippen LogP contribution is 2.30. The molecule has 5 amide bonds. The van der Waals surface area contributed by atoms with E-state index < -0.39 is 53.1 Å². The molecule has 1 aliphatic heterocycles. The summed E-state index contributed by atoms with van der Waals surface area (Å²) >= 11 is 0. The van der Waals surface area contributed by atoms with Crippen molar-refractivity contribution in [1.29, 1.82) is 0 Å². The van der Waals surface area contributed by atoms with Crippen molar-refractivity contribution in [3.8, 4) is 11.3 Å². The van der Waals surface area contributed by atoms with Crippen LogP contribution in [0.4, 0.5) is 9.59 Å². The lowest BCUT2D eigenvalue weighted by Gasteiger charge is -2.38. The summed E-state index contributed by atoms with van der Waals surface area (Å²) in [5.74, 6) is -0.891. The molecule has 0 unspecified atom stereocenters. The van der Waals surface area contributed by atoms with Crippen LogP contribution in [0.25, 0.3) is 11.3 Å². The maximum atomic E-state index is 14.6. The van der Waals surface area contributed by atoms with Crippen molar-refractivity contribution in [2.24, 2.45) is 10.8 Å². The Morgan fingerprint density at radius 1 is 0.803 bits per heavy atom. The van der Waals surface area contributed by atoms with Gasteiger partial charge in [-0.25, -0.2) is 9.59 Å². The highest BCUT2D eigenvalue weighted by molar-refractivity contribution is 5.89. The molecule has 13 nitrogen and oxygen atoms in total. The highest BCUT2D eigenvalue weighted by Gasteiger charge is 2.44. The van der Waals surface area contributed by atoms with Crippen molar-refractivity contribution >= 4 is 23.9 Å². The monoisotopic (exact) mass is 833 g/mol. The minimum atomic E-state index is -1.25. The lowest BCUT2D eigenvalue weighted by atomic mass is 9.84. The van der Waals surface area contributed by atoms with Crippen LogP contribution in [0.15, 0.2) is 91.1 Å². The molecule has 2 aromatic heterocycles. The Balaban J connectivity index is 1.43. The number of amides is 5. The van der Waals surface area contributed by atoms with E-state index in [9.17, 15) is 29.4 Å². The summed E-state index contributed by atoms with van der Waals surface area (Å²) in [4.78, 5) is 68.3. The minimum absolute atomic E-state index is 0.0435. The zero-order valence-electron chi connectivity index (χ0n) is 37.1. The van der Waals surface area contributed by atoms with Crippen molar-refractivity contribution in [2.45, 2.75) is 111 Å². The topological polar surface area (TPSA) is 168 Å². The van der Waals surface area contributed by atoms with Crippen molar-refractivity contribution in [3.05, 3.63) is 119 Å². The first-order chi connectivity index (χ1) is 28.7. The third-order valence-corrected chi connectivity index (χ3v) is 11.2. The first kappa shape index (κ1) is 46.2. The van der Waals surface area contributed by atoms with Crippen LogP contribution in [-0.2, 0) is 29.0 Å². The maximum absolute atomic E-state index is 14.6. The van der Waals surface area contributed by atoms with E-state index >= 15 is 0 Å². The van der Waals surface area contributed by atoms with Gasteiger partial charge in [0.15, 0.2) is 0 Å². The third kappa shape index (κ3) is 12.4. The summed E-state index contributed by atoms with van der Waals surface area (Å²) in [6.45, 7) is 16.2. The Morgan fingerprint density at radius 3 is 2.07 bits per heavy atom. The Labute approximate surface area is 360 Å². The number of hydrogen-bond acceptors (Lipinski definition) is 7. The molecule has 326 valence electrons. The summed E-state index contributed by atoms with van der Waals surface area (Å²) in [5, 5.41) is 28.4. The molecule has 13 heteroatoms. The number of rotatable bonds is 16. The molecule has 0 saturated carbocycles. The van der Waals surface area contributed by atoms with Gasteiger partial charge in [0.25, 0.3) is 0 Å². The van der Waals surface area contributed by atoms with Gasteiger partial charge >= 0.3 is 12.1 Å². The van der Waals surface area contributed by atoms with E-state index in [1.54, 1.807) is 36.8 Å². The van der Waals surface area contributed by atoms with Crippen LogP contribution in [-0.4, -0.2) is 109 Å². The summed E-state index contributed by atoms with van der Waals surface area (Å²) in [6, 6.07) is 23.4. The molecule has 0 bridgehead atoms. The van der Waals surface area contributed by atoms with Gasteiger partial charge in [-0.1, -0.05) is 108 Å². The number of pyridine rings is 2. The number of urea groups is 1. The van der Waals surface area contributed by atoms with Crippen LogP contribution in [0.3, 0.4) is 0 Å². The number of aliphatic hydroxyl groups is 1. The van der Waals surface area contributed by atoms with Crippen LogP contribution >= 0.6 is 0 Å². The minimum Gasteiger partial charge on any atom is -0.465 e. The fourth-order valence-electron chi connectivity index (χ4n) is 8.21. The van der Waals surface area contributed by atoms with E-state index in [4.69, 9.17) is 0 Å². The number of carbonyl (C=O) groups is 4. The predicted octanol–water partition coefficient (Wildman–Crippen LogP) is 6.64. The molecule has 2 aromatic carbocycles. The van der Waals surface area contributed by atoms with Gasteiger partial charge in [-0.05, 0) is 78.8 Å². The SMILES string of the molecule is Cc1ccc(-c2ccc(C[C@H](NC(=O)[C@@H](N(C)C(=O)O)C(C)(C)C)[C@@H](O)C[C@H](Cc3ccccc3)NC(=O)[C@@H](N3CCN(Cc4cccc(C)n4)C3=O)C(C)(C)C)cc2)nc1. The molecule has 0 spiro atoms. The van der Waals surface area contributed by atoms with Crippen molar-refractivity contribution in [3.63, 3.8) is 0 Å². The fraction of sp³-hybridized carbons (Fsp3) is 0.458. The lowest BCUT2D eigenvalue weighted by Crippen LogP contribution is -2.59. The number of carbonyl (C=O) groups excluding carboxylic acids is 3. The third-order valence-electron chi connectivity index (χ3n) is 11.2. The Kier molecular flexibility index (Phi) is 14.9. The highest BCUT2D eigenvalue weighted by atomic mass is 16.4. The summed E-state index contributed by atoms with van der Waals surface area (Å²) in [7, 11) is 1.36. The number of aryl methyl sites for hydroxylation is 2. The van der Waals surface area contributed by atoms with Gasteiger partial charge in [0.05, 0.1) is 30.1 Å². The predicted molar refractivity (Wildman–Crippen MR) is 237 cm³/mol. The molecular weight excluding hydrogens is 771 g/mol. The van der Waals surface area contributed by atoms with Crippen LogP contribution < -0.4 is 10.6 Å². The molecule has 1 aliphatic rings. The molecule has 0 radical (unpaired) electrons. The molecule has 61 heavy (non-hydrogen) atoms. The van der Waals surface area contributed by atoms with Crippen LogP contribution in [0.2, 0.25) is 0 Å². The van der Waals surface area contributed by atoms with E-state index in [1.165, 1.54) is 7.05 Å². The number of benzene rings is 2. The Bertz CT molecular complexity index is 2120. The molecule has 4 N–H and O–H groups in total. The van der Waals surface area contributed by atoms with E-state index in [2.05, 4.69) is 20.6 Å². The molecule has 3 heterocycles. The van der Waals surface area contributed by atoms with Gasteiger partial charge < -0.3 is 30.6 Å². The number of aromatic nitrogens is 2. The van der Waals surface area contributed by atoms with Gasteiger partial charge in [-0.2, -0.15) is 0 Å². The first-order valence-corrected chi connectivity index (χ1v) is 21.0. The summed E-state index contributed by atoms with van der Waals surface area (Å²) in [5.41, 5.74) is 4.73. The number of likely N-dealkylation sites (N-methyl/N-ethyl adjacent to an activating group) is 1. The normalized spacial score (nSPS) is 15.7. The Morgan fingerprint density at radius 2 is 1.48 bits per heavy atom.